The van der Waals surface area contributed by atoms with Crippen molar-refractivity contribution in [2.45, 2.75) is 19.0 Å². The number of rotatable bonds is 1. The van der Waals surface area contributed by atoms with E-state index in [4.69, 9.17) is 11.6 Å². The van der Waals surface area contributed by atoms with Crippen molar-refractivity contribution in [3.63, 3.8) is 0 Å². The fourth-order valence-electron chi connectivity index (χ4n) is 3.64. The number of fused-ring (bicyclic) bond motifs is 2. The Labute approximate surface area is 160 Å². The van der Waals surface area contributed by atoms with Crippen LogP contribution in [0.4, 0.5) is 13.2 Å². The summed E-state index contributed by atoms with van der Waals surface area (Å²) in [5.41, 5.74) is 4.41. The van der Waals surface area contributed by atoms with E-state index in [1.54, 1.807) is 18.2 Å². The molecule has 136 valence electrons. The lowest BCUT2D eigenvalue weighted by atomic mass is 9.91. The number of benzene rings is 3. The molecule has 4 heteroatoms. The Morgan fingerprint density at radius 2 is 1.44 bits per heavy atom. The van der Waals surface area contributed by atoms with Gasteiger partial charge in [-0.3, -0.25) is 0 Å². The van der Waals surface area contributed by atoms with E-state index >= 15 is 0 Å². The van der Waals surface area contributed by atoms with Gasteiger partial charge in [-0.05, 0) is 70.5 Å². The van der Waals surface area contributed by atoms with E-state index in [1.165, 1.54) is 12.1 Å². The van der Waals surface area contributed by atoms with Gasteiger partial charge in [0.15, 0.2) is 0 Å². The third-order valence-electron chi connectivity index (χ3n) is 4.89. The maximum absolute atomic E-state index is 13.5. The van der Waals surface area contributed by atoms with Crippen molar-refractivity contribution in [2.75, 3.05) is 0 Å². The minimum Gasteiger partial charge on any atom is -0.166 e. The summed E-state index contributed by atoms with van der Waals surface area (Å²) in [6.07, 6.45) is -1.13. The summed E-state index contributed by atoms with van der Waals surface area (Å²) in [5.74, 6) is 0. The van der Waals surface area contributed by atoms with Crippen LogP contribution in [0.1, 0.15) is 33.4 Å². The van der Waals surface area contributed by atoms with E-state index in [2.05, 4.69) is 0 Å². The van der Waals surface area contributed by atoms with Gasteiger partial charge in [0.1, 0.15) is 0 Å². The lowest BCUT2D eigenvalue weighted by molar-refractivity contribution is -0.137. The second-order valence-corrected chi connectivity index (χ2v) is 7.04. The van der Waals surface area contributed by atoms with E-state index in [1.807, 2.05) is 36.4 Å². The summed E-state index contributed by atoms with van der Waals surface area (Å²) in [7, 11) is 0. The van der Waals surface area contributed by atoms with Gasteiger partial charge < -0.3 is 0 Å². The molecule has 0 N–H and O–H groups in total. The van der Waals surface area contributed by atoms with Crippen molar-refractivity contribution in [1.29, 1.82) is 0 Å². The molecule has 0 saturated heterocycles. The zero-order valence-electron chi connectivity index (χ0n) is 14.4. The largest absolute Gasteiger partial charge is 0.416 e. The van der Waals surface area contributed by atoms with Gasteiger partial charge in [0.2, 0.25) is 0 Å². The van der Waals surface area contributed by atoms with Crippen LogP contribution in [-0.2, 0) is 19.0 Å². The van der Waals surface area contributed by atoms with Crippen molar-refractivity contribution in [3.05, 3.63) is 105 Å². The summed E-state index contributed by atoms with van der Waals surface area (Å²) in [6, 6.07) is 19.2. The van der Waals surface area contributed by atoms with Crippen molar-refractivity contribution in [3.8, 4) is 0 Å². The Morgan fingerprint density at radius 3 is 2.26 bits per heavy atom. The molecule has 1 aliphatic carbocycles. The molecule has 0 radical (unpaired) electrons. The molecule has 4 rings (SSSR count). The Bertz CT molecular complexity index is 1030. The average Bonchev–Trinajstić information content (AvgIpc) is 2.79. The molecule has 0 saturated carbocycles. The number of aryl methyl sites for hydroxylation is 2. The Balaban J connectivity index is 1.99. The zero-order chi connectivity index (χ0) is 19.0. The van der Waals surface area contributed by atoms with Gasteiger partial charge in [-0.2, -0.15) is 13.2 Å². The standard InChI is InChI=1S/C23H16ClF3/c24-18-11-12-20-16(13-18)10-9-15-5-1-3-7-19(15)21(20)14-17-6-2-4-8-22(17)23(25,26)27/h1-8,11-14H,9-10H2. The maximum Gasteiger partial charge on any atom is 0.416 e. The van der Waals surface area contributed by atoms with Crippen molar-refractivity contribution in [1.82, 2.24) is 0 Å². The van der Waals surface area contributed by atoms with Crippen molar-refractivity contribution in [2.24, 2.45) is 0 Å². The van der Waals surface area contributed by atoms with Crippen LogP contribution in [0.25, 0.3) is 11.6 Å². The average molecular weight is 385 g/mol. The lowest BCUT2D eigenvalue weighted by Crippen LogP contribution is -2.07. The maximum atomic E-state index is 13.5. The van der Waals surface area contributed by atoms with Crippen molar-refractivity contribution < 1.29 is 13.2 Å². The minimum atomic E-state index is -4.40. The van der Waals surface area contributed by atoms with Gasteiger partial charge in [-0.1, -0.05) is 60.1 Å². The fourth-order valence-corrected chi connectivity index (χ4v) is 3.83. The number of hydrogen-bond acceptors (Lipinski definition) is 0. The summed E-state index contributed by atoms with van der Waals surface area (Å²) in [6.45, 7) is 0. The Kier molecular flexibility index (Phi) is 4.56. The molecule has 0 spiro atoms. The monoisotopic (exact) mass is 384 g/mol. The normalized spacial score (nSPS) is 15.2. The first kappa shape index (κ1) is 17.9. The Hall–Kier alpha value is -2.52. The highest BCUT2D eigenvalue weighted by Gasteiger charge is 2.32. The van der Waals surface area contributed by atoms with Gasteiger partial charge in [0.25, 0.3) is 0 Å². The van der Waals surface area contributed by atoms with Crippen LogP contribution in [0.3, 0.4) is 0 Å². The van der Waals surface area contributed by atoms with Gasteiger partial charge in [0.05, 0.1) is 5.56 Å². The van der Waals surface area contributed by atoms with Gasteiger partial charge in [-0.25, -0.2) is 0 Å². The number of alkyl halides is 3. The molecule has 0 heterocycles. The smallest absolute Gasteiger partial charge is 0.166 e. The summed E-state index contributed by atoms with van der Waals surface area (Å²) in [5, 5.41) is 0.634. The second kappa shape index (κ2) is 6.90. The summed E-state index contributed by atoms with van der Waals surface area (Å²) < 4.78 is 40.4. The number of hydrogen-bond donors (Lipinski definition) is 0. The van der Waals surface area contributed by atoms with Gasteiger partial charge in [0, 0.05) is 5.02 Å². The van der Waals surface area contributed by atoms with Crippen LogP contribution >= 0.6 is 11.6 Å². The highest BCUT2D eigenvalue weighted by atomic mass is 35.5. The van der Waals surface area contributed by atoms with Crippen LogP contribution in [-0.4, -0.2) is 0 Å². The molecule has 27 heavy (non-hydrogen) atoms. The first-order valence-corrected chi connectivity index (χ1v) is 9.06. The van der Waals surface area contributed by atoms with Crippen LogP contribution in [0.15, 0.2) is 66.7 Å². The molecule has 0 fully saturated rings. The molecule has 0 amide bonds. The SMILES string of the molecule is FC(F)(F)c1ccccc1C=C1c2ccccc2CCc2cc(Cl)ccc21. The van der Waals surface area contributed by atoms with E-state index in [0.29, 0.717) is 5.02 Å². The molecular weight excluding hydrogens is 369 g/mol. The number of halogens is 4. The highest BCUT2D eigenvalue weighted by molar-refractivity contribution is 6.30. The van der Waals surface area contributed by atoms with Crippen LogP contribution in [0.2, 0.25) is 5.02 Å². The molecule has 1 aliphatic rings. The molecule has 0 aromatic heterocycles. The Morgan fingerprint density at radius 1 is 0.778 bits per heavy atom. The van der Waals surface area contributed by atoms with E-state index in [9.17, 15) is 13.2 Å². The molecule has 3 aromatic rings. The molecule has 3 aromatic carbocycles. The topological polar surface area (TPSA) is 0 Å². The molecule has 0 unspecified atom stereocenters. The van der Waals surface area contributed by atoms with E-state index in [0.717, 1.165) is 46.7 Å². The summed E-state index contributed by atoms with van der Waals surface area (Å²) >= 11 is 6.17. The minimum absolute atomic E-state index is 0.164. The molecule has 0 nitrogen and oxygen atoms in total. The third-order valence-corrected chi connectivity index (χ3v) is 5.13. The van der Waals surface area contributed by atoms with E-state index in [-0.39, 0.29) is 5.56 Å². The van der Waals surface area contributed by atoms with Crippen LogP contribution in [0.5, 0.6) is 0 Å². The second-order valence-electron chi connectivity index (χ2n) is 6.60. The first-order chi connectivity index (χ1) is 12.9. The van der Waals surface area contributed by atoms with Gasteiger partial charge in [-0.15, -0.1) is 0 Å². The molecule has 0 atom stereocenters. The van der Waals surface area contributed by atoms with E-state index < -0.39 is 11.7 Å². The third kappa shape index (κ3) is 3.52. The quantitative estimate of drug-likeness (QED) is 0.422. The predicted octanol–water partition coefficient (Wildman–Crippen LogP) is 7.05. The fraction of sp³-hybridized carbons (Fsp3) is 0.130. The summed E-state index contributed by atoms with van der Waals surface area (Å²) in [4.78, 5) is 0. The zero-order valence-corrected chi connectivity index (χ0v) is 15.1. The highest BCUT2D eigenvalue weighted by Crippen LogP contribution is 2.38. The van der Waals surface area contributed by atoms with Gasteiger partial charge >= 0.3 is 6.18 Å². The lowest BCUT2D eigenvalue weighted by Gasteiger charge is -2.15. The molecule has 0 bridgehead atoms. The van der Waals surface area contributed by atoms with Crippen LogP contribution < -0.4 is 0 Å². The molecule has 0 aliphatic heterocycles. The predicted molar refractivity (Wildman–Crippen MR) is 104 cm³/mol. The first-order valence-electron chi connectivity index (χ1n) is 8.68. The van der Waals surface area contributed by atoms with Crippen molar-refractivity contribution >= 4 is 23.3 Å². The van der Waals surface area contributed by atoms with Crippen LogP contribution in [0, 0.1) is 0 Å². The molecular formula is C23H16ClF3.